The third-order valence-electron chi connectivity index (χ3n) is 4.26. The van der Waals surface area contributed by atoms with Crippen LogP contribution in [0.25, 0.3) is 0 Å². The van der Waals surface area contributed by atoms with Crippen LogP contribution in [0.1, 0.15) is 37.7 Å². The minimum absolute atomic E-state index is 0.390. The Hall–Kier alpha value is -0.670. The molecule has 2 atom stereocenters. The highest BCUT2D eigenvalue weighted by atomic mass is 32.2. The van der Waals surface area contributed by atoms with E-state index in [1.54, 1.807) is 0 Å². The lowest BCUT2D eigenvalue weighted by molar-refractivity contribution is 0.294. The Morgan fingerprint density at radius 3 is 2.58 bits per heavy atom. The molecule has 0 amide bonds. The SMILES string of the molecule is CNC(CS(=O)c1ccccc1C)C1CCCCC1. The average molecular weight is 279 g/mol. The second-order valence-electron chi connectivity index (χ2n) is 5.57. The Kier molecular flexibility index (Phi) is 5.59. The van der Waals surface area contributed by atoms with Gasteiger partial charge in [0.2, 0.25) is 0 Å². The molecule has 1 aliphatic carbocycles. The molecular formula is C16H25NOS. The molecule has 0 spiro atoms. The molecule has 2 rings (SSSR count). The molecule has 0 heterocycles. The lowest BCUT2D eigenvalue weighted by Crippen LogP contribution is -2.39. The molecule has 1 saturated carbocycles. The molecule has 0 bridgehead atoms. The Balaban J connectivity index is 2.01. The van der Waals surface area contributed by atoms with Gasteiger partial charge < -0.3 is 5.32 Å². The maximum atomic E-state index is 12.5. The van der Waals surface area contributed by atoms with Crippen molar-refractivity contribution in [3.63, 3.8) is 0 Å². The van der Waals surface area contributed by atoms with Crippen molar-refractivity contribution in [2.24, 2.45) is 5.92 Å². The largest absolute Gasteiger partial charge is 0.316 e. The Morgan fingerprint density at radius 2 is 1.95 bits per heavy atom. The van der Waals surface area contributed by atoms with Crippen LogP contribution in [0.15, 0.2) is 29.2 Å². The van der Waals surface area contributed by atoms with E-state index < -0.39 is 10.8 Å². The molecular weight excluding hydrogens is 254 g/mol. The number of hydrogen-bond acceptors (Lipinski definition) is 2. The first kappa shape index (κ1) is 14.7. The second kappa shape index (κ2) is 7.20. The molecule has 0 radical (unpaired) electrons. The monoisotopic (exact) mass is 279 g/mol. The lowest BCUT2D eigenvalue weighted by Gasteiger charge is -2.29. The highest BCUT2D eigenvalue weighted by Gasteiger charge is 2.24. The third kappa shape index (κ3) is 3.90. The van der Waals surface area contributed by atoms with Crippen molar-refractivity contribution in [2.45, 2.75) is 50.0 Å². The summed E-state index contributed by atoms with van der Waals surface area (Å²) in [4.78, 5) is 0.999. The maximum Gasteiger partial charge on any atom is 0.0548 e. The number of rotatable bonds is 5. The minimum atomic E-state index is -0.889. The van der Waals surface area contributed by atoms with Crippen LogP contribution < -0.4 is 5.32 Å². The van der Waals surface area contributed by atoms with Crippen LogP contribution in [-0.4, -0.2) is 23.1 Å². The van der Waals surface area contributed by atoms with E-state index in [2.05, 4.69) is 5.32 Å². The van der Waals surface area contributed by atoms with Gasteiger partial charge in [-0.25, -0.2) is 0 Å². The number of hydrogen-bond donors (Lipinski definition) is 1. The summed E-state index contributed by atoms with van der Waals surface area (Å²) in [5, 5.41) is 3.40. The maximum absolute atomic E-state index is 12.5. The fourth-order valence-electron chi connectivity index (χ4n) is 3.06. The van der Waals surface area contributed by atoms with Gasteiger partial charge in [-0.1, -0.05) is 37.5 Å². The molecule has 0 aromatic heterocycles. The first-order valence-corrected chi connectivity index (χ1v) is 8.65. The van der Waals surface area contributed by atoms with E-state index in [0.717, 1.165) is 16.2 Å². The summed E-state index contributed by atoms with van der Waals surface area (Å²) < 4.78 is 12.5. The second-order valence-corrected chi connectivity index (χ2v) is 7.04. The summed E-state index contributed by atoms with van der Waals surface area (Å²) in [5.74, 6) is 1.44. The summed E-state index contributed by atoms with van der Waals surface area (Å²) >= 11 is 0. The summed E-state index contributed by atoms with van der Waals surface area (Å²) in [6.07, 6.45) is 6.61. The average Bonchev–Trinajstić information content (AvgIpc) is 2.46. The Bertz CT molecular complexity index is 427. The molecule has 19 heavy (non-hydrogen) atoms. The van der Waals surface area contributed by atoms with Gasteiger partial charge in [0, 0.05) is 16.7 Å². The summed E-state index contributed by atoms with van der Waals surface area (Å²) in [6, 6.07) is 8.42. The number of benzene rings is 1. The summed E-state index contributed by atoms with van der Waals surface area (Å²) in [6.45, 7) is 2.04. The van der Waals surface area contributed by atoms with Crippen molar-refractivity contribution >= 4 is 10.8 Å². The molecule has 2 unspecified atom stereocenters. The van der Waals surface area contributed by atoms with Crippen LogP contribution in [0.4, 0.5) is 0 Å². The van der Waals surface area contributed by atoms with Crippen molar-refractivity contribution in [1.29, 1.82) is 0 Å². The van der Waals surface area contributed by atoms with Gasteiger partial charge in [0.1, 0.15) is 0 Å². The van der Waals surface area contributed by atoms with Gasteiger partial charge in [0.25, 0.3) is 0 Å². The smallest absolute Gasteiger partial charge is 0.0548 e. The fourth-order valence-corrected chi connectivity index (χ4v) is 4.66. The van der Waals surface area contributed by atoms with Crippen molar-refractivity contribution in [3.8, 4) is 0 Å². The van der Waals surface area contributed by atoms with Gasteiger partial charge >= 0.3 is 0 Å². The lowest BCUT2D eigenvalue weighted by atomic mass is 9.84. The first-order chi connectivity index (χ1) is 9.22. The van der Waals surface area contributed by atoms with Crippen molar-refractivity contribution < 1.29 is 4.21 Å². The van der Waals surface area contributed by atoms with Crippen LogP contribution in [0.2, 0.25) is 0 Å². The predicted molar refractivity (Wildman–Crippen MR) is 81.9 cm³/mol. The zero-order chi connectivity index (χ0) is 13.7. The molecule has 1 aliphatic rings. The molecule has 0 aliphatic heterocycles. The van der Waals surface area contributed by atoms with Gasteiger partial charge in [0.15, 0.2) is 0 Å². The summed E-state index contributed by atoms with van der Waals surface area (Å²) in [7, 11) is 1.12. The molecule has 1 aromatic rings. The number of aryl methyl sites for hydroxylation is 1. The van der Waals surface area contributed by atoms with Crippen LogP contribution in [0.5, 0.6) is 0 Å². The van der Waals surface area contributed by atoms with Crippen LogP contribution >= 0.6 is 0 Å². The van der Waals surface area contributed by atoms with E-state index in [9.17, 15) is 4.21 Å². The highest BCUT2D eigenvalue weighted by molar-refractivity contribution is 7.85. The normalized spacial score (nSPS) is 20.1. The molecule has 106 valence electrons. The standard InChI is InChI=1S/C16H25NOS/c1-13-8-6-7-11-16(13)19(18)12-15(17-2)14-9-4-3-5-10-14/h6-8,11,14-15,17H,3-5,9-10,12H2,1-2H3. The highest BCUT2D eigenvalue weighted by Crippen LogP contribution is 2.27. The van der Waals surface area contributed by atoms with E-state index in [4.69, 9.17) is 0 Å². The van der Waals surface area contributed by atoms with Crippen LogP contribution in [0, 0.1) is 12.8 Å². The molecule has 1 fully saturated rings. The molecule has 1 aromatic carbocycles. The third-order valence-corrected chi connectivity index (χ3v) is 5.87. The quantitative estimate of drug-likeness (QED) is 0.896. The molecule has 3 heteroatoms. The Morgan fingerprint density at radius 1 is 1.26 bits per heavy atom. The Labute approximate surface area is 119 Å². The van der Waals surface area contributed by atoms with Gasteiger partial charge in [-0.15, -0.1) is 0 Å². The van der Waals surface area contributed by atoms with E-state index in [1.165, 1.54) is 32.1 Å². The molecule has 1 N–H and O–H groups in total. The zero-order valence-electron chi connectivity index (χ0n) is 12.0. The van der Waals surface area contributed by atoms with Gasteiger partial charge in [-0.05, 0) is 44.4 Å². The fraction of sp³-hybridized carbons (Fsp3) is 0.625. The minimum Gasteiger partial charge on any atom is -0.316 e. The van der Waals surface area contributed by atoms with E-state index in [1.807, 2.05) is 38.2 Å². The van der Waals surface area contributed by atoms with Gasteiger partial charge in [-0.3, -0.25) is 4.21 Å². The van der Waals surface area contributed by atoms with Crippen molar-refractivity contribution in [1.82, 2.24) is 5.32 Å². The predicted octanol–water partition coefficient (Wildman–Crippen LogP) is 3.27. The van der Waals surface area contributed by atoms with E-state index in [0.29, 0.717) is 12.0 Å². The number of nitrogens with one attached hydrogen (secondary N) is 1. The van der Waals surface area contributed by atoms with E-state index >= 15 is 0 Å². The molecule has 2 nitrogen and oxygen atoms in total. The first-order valence-electron chi connectivity index (χ1n) is 7.33. The van der Waals surface area contributed by atoms with Crippen LogP contribution in [-0.2, 0) is 10.8 Å². The van der Waals surface area contributed by atoms with Gasteiger partial charge in [0.05, 0.1) is 10.8 Å². The van der Waals surface area contributed by atoms with Crippen LogP contribution in [0.3, 0.4) is 0 Å². The van der Waals surface area contributed by atoms with Crippen molar-refractivity contribution in [3.05, 3.63) is 29.8 Å². The zero-order valence-corrected chi connectivity index (χ0v) is 12.8. The van der Waals surface area contributed by atoms with Crippen molar-refractivity contribution in [2.75, 3.05) is 12.8 Å². The van der Waals surface area contributed by atoms with Gasteiger partial charge in [-0.2, -0.15) is 0 Å². The van der Waals surface area contributed by atoms with E-state index in [-0.39, 0.29) is 0 Å². The summed E-state index contributed by atoms with van der Waals surface area (Å²) in [5.41, 5.74) is 1.14. The molecule has 0 saturated heterocycles. The topological polar surface area (TPSA) is 29.1 Å².